The minimum atomic E-state index is 0.577. The van der Waals surface area contributed by atoms with Crippen LogP contribution in [0, 0.1) is 6.92 Å². The topological polar surface area (TPSA) is 18.5 Å². The molecule has 2 rings (SSSR count). The fourth-order valence-electron chi connectivity index (χ4n) is 1.59. The lowest BCUT2D eigenvalue weighted by atomic mass is 10.2. The third kappa shape index (κ3) is 3.25. The van der Waals surface area contributed by atoms with Crippen molar-refractivity contribution in [2.45, 2.75) is 13.5 Å². The second-order valence-electron chi connectivity index (χ2n) is 3.95. The van der Waals surface area contributed by atoms with E-state index in [0.717, 1.165) is 17.1 Å². The van der Waals surface area contributed by atoms with Crippen molar-refractivity contribution in [3.8, 4) is 11.5 Å². The Kier molecular flexibility index (Phi) is 3.66. The molecule has 0 radical (unpaired) electrons. The lowest BCUT2D eigenvalue weighted by Crippen LogP contribution is -1.95. The van der Waals surface area contributed by atoms with Gasteiger partial charge < -0.3 is 9.47 Å². The monoisotopic (exact) mass is 228 g/mol. The predicted octanol–water partition coefficient (Wildman–Crippen LogP) is 3.58. The Morgan fingerprint density at radius 3 is 2.35 bits per heavy atom. The molecule has 17 heavy (non-hydrogen) atoms. The van der Waals surface area contributed by atoms with Gasteiger partial charge in [0.1, 0.15) is 18.1 Å². The summed E-state index contributed by atoms with van der Waals surface area (Å²) in [5, 5.41) is 0. The molecule has 88 valence electrons. The highest BCUT2D eigenvalue weighted by molar-refractivity contribution is 5.29. The molecule has 0 bridgehead atoms. The lowest BCUT2D eigenvalue weighted by Gasteiger charge is -2.07. The highest BCUT2D eigenvalue weighted by Crippen LogP contribution is 2.16. The number of hydrogen-bond acceptors (Lipinski definition) is 2. The zero-order valence-corrected chi connectivity index (χ0v) is 10.1. The standard InChI is InChI=1S/C15H16O2/c1-12-4-3-5-15(10-12)17-11-13-6-8-14(16-2)9-7-13/h3-10H,11H2,1-2H3. The van der Waals surface area contributed by atoms with Crippen LogP contribution in [0.1, 0.15) is 11.1 Å². The predicted molar refractivity (Wildman–Crippen MR) is 68.5 cm³/mol. The van der Waals surface area contributed by atoms with Crippen LogP contribution in [0.3, 0.4) is 0 Å². The molecular weight excluding hydrogens is 212 g/mol. The number of rotatable bonds is 4. The van der Waals surface area contributed by atoms with Gasteiger partial charge in [0.25, 0.3) is 0 Å². The van der Waals surface area contributed by atoms with Crippen molar-refractivity contribution in [2.24, 2.45) is 0 Å². The molecule has 0 aliphatic rings. The molecule has 0 atom stereocenters. The van der Waals surface area contributed by atoms with Crippen molar-refractivity contribution < 1.29 is 9.47 Å². The van der Waals surface area contributed by atoms with Crippen LogP contribution in [0.25, 0.3) is 0 Å². The molecule has 0 saturated carbocycles. The maximum atomic E-state index is 5.71. The summed E-state index contributed by atoms with van der Waals surface area (Å²) < 4.78 is 10.8. The van der Waals surface area contributed by atoms with Gasteiger partial charge in [0.2, 0.25) is 0 Å². The molecule has 2 aromatic carbocycles. The van der Waals surface area contributed by atoms with Crippen molar-refractivity contribution in [2.75, 3.05) is 7.11 Å². The van der Waals surface area contributed by atoms with E-state index in [-0.39, 0.29) is 0 Å². The molecule has 2 heteroatoms. The first kappa shape index (κ1) is 11.5. The van der Waals surface area contributed by atoms with Crippen LogP contribution in [0.5, 0.6) is 11.5 Å². The van der Waals surface area contributed by atoms with Gasteiger partial charge in [-0.15, -0.1) is 0 Å². The van der Waals surface area contributed by atoms with E-state index < -0.39 is 0 Å². The number of methoxy groups -OCH3 is 1. The molecule has 0 fully saturated rings. The van der Waals surface area contributed by atoms with Gasteiger partial charge in [-0.2, -0.15) is 0 Å². The molecule has 0 aromatic heterocycles. The summed E-state index contributed by atoms with van der Waals surface area (Å²) in [6.07, 6.45) is 0. The Labute approximate surface area is 102 Å². The zero-order valence-electron chi connectivity index (χ0n) is 10.1. The molecule has 2 aromatic rings. The third-order valence-electron chi connectivity index (χ3n) is 2.55. The first-order valence-electron chi connectivity index (χ1n) is 5.60. The Morgan fingerprint density at radius 1 is 0.941 bits per heavy atom. The lowest BCUT2D eigenvalue weighted by molar-refractivity contribution is 0.306. The van der Waals surface area contributed by atoms with Crippen LogP contribution in [0.4, 0.5) is 0 Å². The Morgan fingerprint density at radius 2 is 1.71 bits per heavy atom. The van der Waals surface area contributed by atoms with Crippen LogP contribution in [0.15, 0.2) is 48.5 Å². The van der Waals surface area contributed by atoms with Gasteiger partial charge in [-0.1, -0.05) is 24.3 Å². The highest BCUT2D eigenvalue weighted by Gasteiger charge is 1.97. The minimum Gasteiger partial charge on any atom is -0.497 e. The molecule has 0 N–H and O–H groups in total. The van der Waals surface area contributed by atoms with Gasteiger partial charge in [0, 0.05) is 0 Å². The summed E-state index contributed by atoms with van der Waals surface area (Å²) in [6.45, 7) is 2.63. The van der Waals surface area contributed by atoms with E-state index >= 15 is 0 Å². The van der Waals surface area contributed by atoms with E-state index in [2.05, 4.69) is 13.0 Å². The van der Waals surface area contributed by atoms with Gasteiger partial charge in [-0.25, -0.2) is 0 Å². The summed E-state index contributed by atoms with van der Waals surface area (Å²) in [5.74, 6) is 1.77. The van der Waals surface area contributed by atoms with Gasteiger partial charge in [0.15, 0.2) is 0 Å². The molecule has 0 aliphatic heterocycles. The molecule has 2 nitrogen and oxygen atoms in total. The summed E-state index contributed by atoms with van der Waals surface area (Å²) in [5.41, 5.74) is 2.34. The van der Waals surface area contributed by atoms with Gasteiger partial charge in [0.05, 0.1) is 7.11 Å². The van der Waals surface area contributed by atoms with Crippen molar-refractivity contribution in [1.82, 2.24) is 0 Å². The number of hydrogen-bond donors (Lipinski definition) is 0. The zero-order chi connectivity index (χ0) is 12.1. The number of aryl methyl sites for hydroxylation is 1. The molecule has 0 saturated heterocycles. The Hall–Kier alpha value is -1.96. The Balaban J connectivity index is 1.97. The van der Waals surface area contributed by atoms with Gasteiger partial charge >= 0.3 is 0 Å². The SMILES string of the molecule is COc1ccc(COc2cccc(C)c2)cc1. The molecule has 0 aliphatic carbocycles. The second kappa shape index (κ2) is 5.39. The number of ether oxygens (including phenoxy) is 2. The average Bonchev–Trinajstić information content (AvgIpc) is 2.37. The van der Waals surface area contributed by atoms with Gasteiger partial charge in [-0.3, -0.25) is 0 Å². The van der Waals surface area contributed by atoms with E-state index in [4.69, 9.17) is 9.47 Å². The van der Waals surface area contributed by atoms with Crippen molar-refractivity contribution in [3.05, 3.63) is 59.7 Å². The van der Waals surface area contributed by atoms with Crippen molar-refractivity contribution in [3.63, 3.8) is 0 Å². The summed E-state index contributed by atoms with van der Waals surface area (Å²) in [4.78, 5) is 0. The van der Waals surface area contributed by atoms with Crippen molar-refractivity contribution >= 4 is 0 Å². The molecule has 0 amide bonds. The van der Waals surface area contributed by atoms with Crippen LogP contribution in [0.2, 0.25) is 0 Å². The molecule has 0 heterocycles. The molecule has 0 unspecified atom stereocenters. The van der Waals surface area contributed by atoms with E-state index in [1.165, 1.54) is 5.56 Å². The second-order valence-corrected chi connectivity index (χ2v) is 3.95. The van der Waals surface area contributed by atoms with Crippen LogP contribution < -0.4 is 9.47 Å². The van der Waals surface area contributed by atoms with Gasteiger partial charge in [-0.05, 0) is 42.3 Å². The maximum Gasteiger partial charge on any atom is 0.120 e. The highest BCUT2D eigenvalue weighted by atomic mass is 16.5. The first-order chi connectivity index (χ1) is 8.28. The van der Waals surface area contributed by atoms with Crippen LogP contribution in [-0.2, 0) is 6.61 Å². The van der Waals surface area contributed by atoms with Crippen molar-refractivity contribution in [1.29, 1.82) is 0 Å². The van der Waals surface area contributed by atoms with E-state index in [9.17, 15) is 0 Å². The summed E-state index contributed by atoms with van der Waals surface area (Å²) in [6, 6.07) is 16.0. The number of benzene rings is 2. The quantitative estimate of drug-likeness (QED) is 0.796. The average molecular weight is 228 g/mol. The normalized spacial score (nSPS) is 10.0. The molecule has 0 spiro atoms. The van der Waals surface area contributed by atoms with E-state index in [1.807, 2.05) is 42.5 Å². The smallest absolute Gasteiger partial charge is 0.120 e. The fourth-order valence-corrected chi connectivity index (χ4v) is 1.59. The third-order valence-corrected chi connectivity index (χ3v) is 2.55. The summed E-state index contributed by atoms with van der Waals surface area (Å²) in [7, 11) is 1.66. The minimum absolute atomic E-state index is 0.577. The molecular formula is C15H16O2. The summed E-state index contributed by atoms with van der Waals surface area (Å²) >= 11 is 0. The fraction of sp³-hybridized carbons (Fsp3) is 0.200. The first-order valence-corrected chi connectivity index (χ1v) is 5.60. The van der Waals surface area contributed by atoms with E-state index in [0.29, 0.717) is 6.61 Å². The van der Waals surface area contributed by atoms with Crippen LogP contribution in [-0.4, -0.2) is 7.11 Å². The van der Waals surface area contributed by atoms with E-state index in [1.54, 1.807) is 7.11 Å². The Bertz CT molecular complexity index is 475. The largest absolute Gasteiger partial charge is 0.497 e. The maximum absolute atomic E-state index is 5.71. The van der Waals surface area contributed by atoms with Crippen LogP contribution >= 0.6 is 0 Å².